The van der Waals surface area contributed by atoms with Crippen LogP contribution in [0.15, 0.2) is 18.2 Å². The summed E-state index contributed by atoms with van der Waals surface area (Å²) in [7, 11) is 0. The number of fused-ring (bicyclic) bond motifs is 1. The Kier molecular flexibility index (Phi) is 2.82. The standard InChI is InChI=1S/C11H13ClN2O/c1-2-7-6-13-10-5-8(12)3-4-9(10)14-11(7)15/h3-5,7,13H,2,6H2,1H3,(H,14,15). The maximum atomic E-state index is 11.7. The van der Waals surface area contributed by atoms with E-state index in [0.29, 0.717) is 11.6 Å². The molecule has 1 aliphatic rings. The lowest BCUT2D eigenvalue weighted by molar-refractivity contribution is -0.119. The van der Waals surface area contributed by atoms with Crippen molar-refractivity contribution < 1.29 is 4.79 Å². The maximum absolute atomic E-state index is 11.7. The molecule has 1 heterocycles. The van der Waals surface area contributed by atoms with E-state index in [2.05, 4.69) is 10.6 Å². The molecule has 0 saturated carbocycles. The fourth-order valence-electron chi connectivity index (χ4n) is 1.66. The third kappa shape index (κ3) is 2.07. The third-order valence-corrected chi connectivity index (χ3v) is 2.88. The minimum atomic E-state index is 0.0242. The molecule has 1 aromatic rings. The molecular formula is C11H13ClN2O. The molecule has 3 nitrogen and oxygen atoms in total. The highest BCUT2D eigenvalue weighted by molar-refractivity contribution is 6.31. The number of nitrogens with one attached hydrogen (secondary N) is 2. The van der Waals surface area contributed by atoms with E-state index in [4.69, 9.17) is 11.6 Å². The number of halogens is 1. The van der Waals surface area contributed by atoms with Gasteiger partial charge in [0.1, 0.15) is 0 Å². The first-order valence-corrected chi connectivity index (χ1v) is 5.42. The van der Waals surface area contributed by atoms with Crippen LogP contribution in [-0.2, 0) is 4.79 Å². The summed E-state index contributed by atoms with van der Waals surface area (Å²) in [5.74, 6) is 0.0993. The lowest BCUT2D eigenvalue weighted by atomic mass is 10.1. The predicted octanol–water partition coefficient (Wildman–Crippen LogP) is 2.73. The molecule has 1 amide bonds. The van der Waals surface area contributed by atoms with Gasteiger partial charge in [-0.3, -0.25) is 4.79 Å². The van der Waals surface area contributed by atoms with E-state index in [1.54, 1.807) is 6.07 Å². The second-order valence-corrected chi connectivity index (χ2v) is 4.10. The summed E-state index contributed by atoms with van der Waals surface area (Å²) in [4.78, 5) is 11.7. The topological polar surface area (TPSA) is 41.1 Å². The average molecular weight is 225 g/mol. The Morgan fingerprint density at radius 3 is 3.00 bits per heavy atom. The Balaban J connectivity index is 2.31. The molecule has 0 aliphatic carbocycles. The highest BCUT2D eigenvalue weighted by Crippen LogP contribution is 2.28. The molecule has 4 heteroatoms. The summed E-state index contributed by atoms with van der Waals surface area (Å²) < 4.78 is 0. The predicted molar refractivity (Wildman–Crippen MR) is 62.4 cm³/mol. The van der Waals surface area contributed by atoms with Gasteiger partial charge in [-0.1, -0.05) is 18.5 Å². The SMILES string of the molecule is CCC1CNc2cc(Cl)ccc2NC1=O. The van der Waals surface area contributed by atoms with Gasteiger partial charge in [-0.15, -0.1) is 0 Å². The molecule has 2 rings (SSSR count). The molecule has 0 saturated heterocycles. The number of carbonyl (C=O) groups is 1. The van der Waals surface area contributed by atoms with Crippen LogP contribution in [0.3, 0.4) is 0 Å². The molecule has 1 aliphatic heterocycles. The van der Waals surface area contributed by atoms with Crippen LogP contribution in [0.2, 0.25) is 5.02 Å². The molecule has 0 aromatic heterocycles. The number of carbonyl (C=O) groups excluding carboxylic acids is 1. The van der Waals surface area contributed by atoms with E-state index in [1.807, 2.05) is 19.1 Å². The van der Waals surface area contributed by atoms with Gasteiger partial charge < -0.3 is 10.6 Å². The van der Waals surface area contributed by atoms with Gasteiger partial charge in [-0.2, -0.15) is 0 Å². The molecule has 1 unspecified atom stereocenters. The second-order valence-electron chi connectivity index (χ2n) is 3.67. The Hall–Kier alpha value is -1.22. The van der Waals surface area contributed by atoms with E-state index in [9.17, 15) is 4.79 Å². The number of amides is 1. The lowest BCUT2D eigenvalue weighted by Gasteiger charge is -2.09. The van der Waals surface area contributed by atoms with Gasteiger partial charge in [0.05, 0.1) is 17.3 Å². The Morgan fingerprint density at radius 1 is 1.47 bits per heavy atom. The quantitative estimate of drug-likeness (QED) is 0.770. The van der Waals surface area contributed by atoms with Gasteiger partial charge in [0.15, 0.2) is 0 Å². The van der Waals surface area contributed by atoms with Crippen molar-refractivity contribution in [1.29, 1.82) is 0 Å². The van der Waals surface area contributed by atoms with Crippen molar-refractivity contribution in [3.8, 4) is 0 Å². The molecule has 1 aromatic carbocycles. The number of hydrogen-bond donors (Lipinski definition) is 2. The zero-order valence-electron chi connectivity index (χ0n) is 8.51. The molecule has 80 valence electrons. The summed E-state index contributed by atoms with van der Waals surface area (Å²) in [5, 5.41) is 6.79. The van der Waals surface area contributed by atoms with Crippen molar-refractivity contribution in [3.05, 3.63) is 23.2 Å². The van der Waals surface area contributed by atoms with Crippen LogP contribution in [0.1, 0.15) is 13.3 Å². The van der Waals surface area contributed by atoms with Crippen LogP contribution >= 0.6 is 11.6 Å². The van der Waals surface area contributed by atoms with Crippen molar-refractivity contribution in [3.63, 3.8) is 0 Å². The highest BCUT2D eigenvalue weighted by atomic mass is 35.5. The van der Waals surface area contributed by atoms with Crippen molar-refractivity contribution >= 4 is 28.9 Å². The van der Waals surface area contributed by atoms with Crippen molar-refractivity contribution in [2.24, 2.45) is 5.92 Å². The van der Waals surface area contributed by atoms with Gasteiger partial charge in [-0.25, -0.2) is 0 Å². The Morgan fingerprint density at radius 2 is 2.27 bits per heavy atom. The lowest BCUT2D eigenvalue weighted by Crippen LogP contribution is -2.24. The van der Waals surface area contributed by atoms with E-state index in [0.717, 1.165) is 17.8 Å². The largest absolute Gasteiger partial charge is 0.383 e. The molecule has 0 spiro atoms. The first-order valence-electron chi connectivity index (χ1n) is 5.05. The van der Waals surface area contributed by atoms with Gasteiger partial charge in [0.2, 0.25) is 5.91 Å². The van der Waals surface area contributed by atoms with Crippen molar-refractivity contribution in [2.45, 2.75) is 13.3 Å². The number of benzene rings is 1. The Labute approximate surface area is 93.8 Å². The van der Waals surface area contributed by atoms with Crippen LogP contribution in [-0.4, -0.2) is 12.5 Å². The van der Waals surface area contributed by atoms with Crippen molar-refractivity contribution in [1.82, 2.24) is 0 Å². The fraction of sp³-hybridized carbons (Fsp3) is 0.364. The molecule has 0 bridgehead atoms. The highest BCUT2D eigenvalue weighted by Gasteiger charge is 2.21. The van der Waals surface area contributed by atoms with Crippen LogP contribution < -0.4 is 10.6 Å². The fourth-order valence-corrected chi connectivity index (χ4v) is 1.83. The van der Waals surface area contributed by atoms with Crippen LogP contribution in [0.4, 0.5) is 11.4 Å². The summed E-state index contributed by atoms with van der Waals surface area (Å²) in [6, 6.07) is 5.42. The van der Waals surface area contributed by atoms with Crippen LogP contribution in [0.5, 0.6) is 0 Å². The zero-order chi connectivity index (χ0) is 10.8. The summed E-state index contributed by atoms with van der Waals surface area (Å²) in [6.07, 6.45) is 0.834. The number of rotatable bonds is 1. The third-order valence-electron chi connectivity index (χ3n) is 2.64. The molecule has 2 N–H and O–H groups in total. The minimum absolute atomic E-state index is 0.0242. The van der Waals surface area contributed by atoms with Crippen LogP contribution in [0, 0.1) is 5.92 Å². The molecule has 15 heavy (non-hydrogen) atoms. The average Bonchev–Trinajstić information content (AvgIpc) is 2.36. The first kappa shape index (κ1) is 10.3. The van der Waals surface area contributed by atoms with E-state index < -0.39 is 0 Å². The second kappa shape index (κ2) is 4.11. The van der Waals surface area contributed by atoms with E-state index in [1.165, 1.54) is 0 Å². The van der Waals surface area contributed by atoms with Gasteiger partial charge >= 0.3 is 0 Å². The zero-order valence-corrected chi connectivity index (χ0v) is 9.27. The van der Waals surface area contributed by atoms with E-state index in [-0.39, 0.29) is 11.8 Å². The van der Waals surface area contributed by atoms with E-state index >= 15 is 0 Å². The summed E-state index contributed by atoms with van der Waals surface area (Å²) in [6.45, 7) is 2.67. The smallest absolute Gasteiger partial charge is 0.229 e. The molecule has 1 atom stereocenters. The maximum Gasteiger partial charge on any atom is 0.229 e. The van der Waals surface area contributed by atoms with Gasteiger partial charge in [0, 0.05) is 11.6 Å². The first-order chi connectivity index (χ1) is 7.20. The number of hydrogen-bond acceptors (Lipinski definition) is 2. The Bertz CT molecular complexity index is 392. The summed E-state index contributed by atoms with van der Waals surface area (Å²) in [5.41, 5.74) is 1.70. The molecule has 0 fully saturated rings. The summed E-state index contributed by atoms with van der Waals surface area (Å²) >= 11 is 5.88. The molecular weight excluding hydrogens is 212 g/mol. The van der Waals surface area contributed by atoms with Gasteiger partial charge in [0.25, 0.3) is 0 Å². The minimum Gasteiger partial charge on any atom is -0.383 e. The number of anilines is 2. The normalized spacial score (nSPS) is 19.9. The van der Waals surface area contributed by atoms with Crippen molar-refractivity contribution in [2.75, 3.05) is 17.2 Å². The van der Waals surface area contributed by atoms with Crippen LogP contribution in [0.25, 0.3) is 0 Å². The van der Waals surface area contributed by atoms with Gasteiger partial charge in [-0.05, 0) is 24.6 Å². The monoisotopic (exact) mass is 224 g/mol. The molecule has 0 radical (unpaired) electrons.